The maximum atomic E-state index is 11.3. The van der Waals surface area contributed by atoms with Gasteiger partial charge in [0.05, 0.1) is 0 Å². The maximum Gasteiger partial charge on any atom is 0.348 e. The van der Waals surface area contributed by atoms with E-state index in [9.17, 15) is 4.79 Å². The van der Waals surface area contributed by atoms with Crippen LogP contribution in [0.25, 0.3) is 5.65 Å². The SMILES string of the molecule is CC1(C)C(N)CC1Nc1cc2n[nH]c(=O)n2cn1. The van der Waals surface area contributed by atoms with Gasteiger partial charge in [-0.3, -0.25) is 0 Å². The van der Waals surface area contributed by atoms with Crippen LogP contribution in [0.3, 0.4) is 0 Å². The summed E-state index contributed by atoms with van der Waals surface area (Å²) < 4.78 is 1.36. The molecule has 2 heterocycles. The van der Waals surface area contributed by atoms with E-state index < -0.39 is 0 Å². The molecule has 2 unspecified atom stereocenters. The van der Waals surface area contributed by atoms with Crippen molar-refractivity contribution >= 4 is 11.5 Å². The third kappa shape index (κ3) is 1.51. The van der Waals surface area contributed by atoms with E-state index in [1.54, 1.807) is 6.07 Å². The summed E-state index contributed by atoms with van der Waals surface area (Å²) in [6, 6.07) is 2.26. The molecule has 1 fully saturated rings. The van der Waals surface area contributed by atoms with Crippen LogP contribution in [0.15, 0.2) is 17.2 Å². The van der Waals surface area contributed by atoms with E-state index in [1.807, 2.05) is 0 Å². The summed E-state index contributed by atoms with van der Waals surface area (Å²) >= 11 is 0. The third-order valence-electron chi connectivity index (χ3n) is 3.98. The van der Waals surface area contributed by atoms with Gasteiger partial charge in [0.1, 0.15) is 12.1 Å². The van der Waals surface area contributed by atoms with Crippen LogP contribution < -0.4 is 16.7 Å². The Kier molecular flexibility index (Phi) is 2.21. The molecule has 3 rings (SSSR count). The number of anilines is 1. The molecule has 1 saturated carbocycles. The lowest BCUT2D eigenvalue weighted by molar-refractivity contribution is 0.117. The minimum absolute atomic E-state index is 0.0546. The van der Waals surface area contributed by atoms with Crippen LogP contribution in [-0.4, -0.2) is 31.7 Å². The smallest absolute Gasteiger partial charge is 0.348 e. The second-order valence-corrected chi connectivity index (χ2v) is 5.39. The molecule has 0 radical (unpaired) electrons. The molecule has 4 N–H and O–H groups in total. The average molecular weight is 248 g/mol. The highest BCUT2D eigenvalue weighted by molar-refractivity contribution is 5.49. The molecule has 96 valence electrons. The van der Waals surface area contributed by atoms with Gasteiger partial charge < -0.3 is 11.1 Å². The fraction of sp³-hybridized carbons (Fsp3) is 0.545. The zero-order valence-electron chi connectivity index (χ0n) is 10.3. The first kappa shape index (κ1) is 11.2. The van der Waals surface area contributed by atoms with Gasteiger partial charge in [-0.25, -0.2) is 19.3 Å². The molecule has 2 aromatic heterocycles. The number of aromatic amines is 1. The molecule has 2 atom stereocenters. The maximum absolute atomic E-state index is 11.3. The van der Waals surface area contributed by atoms with Crippen molar-refractivity contribution in [3.05, 3.63) is 22.9 Å². The van der Waals surface area contributed by atoms with Gasteiger partial charge in [0.15, 0.2) is 5.65 Å². The fourth-order valence-corrected chi connectivity index (χ4v) is 2.27. The van der Waals surface area contributed by atoms with E-state index >= 15 is 0 Å². The molecule has 0 aromatic carbocycles. The van der Waals surface area contributed by atoms with Crippen LogP contribution in [0.1, 0.15) is 20.3 Å². The van der Waals surface area contributed by atoms with Crippen molar-refractivity contribution in [3.8, 4) is 0 Å². The summed E-state index contributed by atoms with van der Waals surface area (Å²) in [5.74, 6) is 0.714. The number of aromatic nitrogens is 4. The minimum atomic E-state index is -0.282. The molecule has 0 spiro atoms. The first-order valence-electron chi connectivity index (χ1n) is 5.93. The monoisotopic (exact) mass is 248 g/mol. The van der Waals surface area contributed by atoms with Gasteiger partial charge in [-0.2, -0.15) is 5.10 Å². The van der Waals surface area contributed by atoms with Gasteiger partial charge in [0.2, 0.25) is 0 Å². The number of fused-ring (bicyclic) bond motifs is 1. The molecule has 1 aliphatic rings. The van der Waals surface area contributed by atoms with Gasteiger partial charge in [-0.05, 0) is 6.42 Å². The van der Waals surface area contributed by atoms with Crippen molar-refractivity contribution in [2.45, 2.75) is 32.4 Å². The summed E-state index contributed by atoms with van der Waals surface area (Å²) in [4.78, 5) is 15.5. The zero-order chi connectivity index (χ0) is 12.9. The van der Waals surface area contributed by atoms with Crippen LogP contribution >= 0.6 is 0 Å². The summed E-state index contributed by atoms with van der Waals surface area (Å²) in [6.45, 7) is 4.27. The van der Waals surface area contributed by atoms with E-state index in [0.717, 1.165) is 6.42 Å². The van der Waals surface area contributed by atoms with E-state index in [0.29, 0.717) is 17.5 Å². The number of hydrogen-bond donors (Lipinski definition) is 3. The quantitative estimate of drug-likeness (QED) is 0.692. The van der Waals surface area contributed by atoms with Gasteiger partial charge in [-0.15, -0.1) is 0 Å². The second-order valence-electron chi connectivity index (χ2n) is 5.39. The first-order valence-corrected chi connectivity index (χ1v) is 5.93. The summed E-state index contributed by atoms with van der Waals surface area (Å²) in [5, 5.41) is 9.62. The van der Waals surface area contributed by atoms with Crippen molar-refractivity contribution in [3.63, 3.8) is 0 Å². The van der Waals surface area contributed by atoms with Crippen LogP contribution in [0.2, 0.25) is 0 Å². The molecule has 7 nitrogen and oxygen atoms in total. The lowest BCUT2D eigenvalue weighted by atomic mass is 9.63. The molecular formula is C11H16N6O. The number of nitrogens with two attached hydrogens (primary N) is 1. The van der Waals surface area contributed by atoms with Crippen LogP contribution in [0, 0.1) is 5.41 Å². The summed E-state index contributed by atoms with van der Waals surface area (Å²) in [6.07, 6.45) is 2.39. The third-order valence-corrected chi connectivity index (χ3v) is 3.98. The van der Waals surface area contributed by atoms with Crippen molar-refractivity contribution in [2.75, 3.05) is 5.32 Å². The highest BCUT2D eigenvalue weighted by Gasteiger charge is 2.46. The molecule has 2 aromatic rings. The highest BCUT2D eigenvalue weighted by Crippen LogP contribution is 2.40. The van der Waals surface area contributed by atoms with Crippen LogP contribution in [0.5, 0.6) is 0 Å². The predicted molar refractivity (Wildman–Crippen MR) is 67.4 cm³/mol. The van der Waals surface area contributed by atoms with Crippen molar-refractivity contribution in [1.82, 2.24) is 19.6 Å². The Labute approximate surface area is 103 Å². The number of rotatable bonds is 2. The second kappa shape index (κ2) is 3.55. The van der Waals surface area contributed by atoms with Gasteiger partial charge in [0.25, 0.3) is 0 Å². The van der Waals surface area contributed by atoms with Gasteiger partial charge >= 0.3 is 5.69 Å². The standard InChI is InChI=1S/C11H16N6O/c1-11(2)6(12)3-7(11)14-8-4-9-15-16-10(18)17(9)5-13-8/h4-7,14H,3,12H2,1-2H3,(H,16,18). The lowest BCUT2D eigenvalue weighted by Gasteiger charge is -2.50. The Morgan fingerprint density at radius 3 is 3.06 bits per heavy atom. The van der Waals surface area contributed by atoms with E-state index in [2.05, 4.69) is 34.3 Å². The Hall–Kier alpha value is -1.89. The number of H-pyrrole nitrogens is 1. The largest absolute Gasteiger partial charge is 0.367 e. The molecule has 0 amide bonds. The molecule has 18 heavy (non-hydrogen) atoms. The Morgan fingerprint density at radius 1 is 1.61 bits per heavy atom. The Balaban J connectivity index is 1.86. The zero-order valence-corrected chi connectivity index (χ0v) is 10.3. The van der Waals surface area contributed by atoms with Gasteiger partial charge in [0, 0.05) is 23.6 Å². The molecular weight excluding hydrogens is 232 g/mol. The Morgan fingerprint density at radius 2 is 2.39 bits per heavy atom. The summed E-state index contributed by atoms with van der Waals surface area (Å²) in [5.41, 5.74) is 6.30. The molecule has 7 heteroatoms. The Bertz CT molecular complexity index is 642. The topological polar surface area (TPSA) is 101 Å². The van der Waals surface area contributed by atoms with E-state index in [1.165, 1.54) is 10.7 Å². The van der Waals surface area contributed by atoms with Crippen molar-refractivity contribution in [2.24, 2.45) is 11.1 Å². The molecule has 0 saturated heterocycles. The van der Waals surface area contributed by atoms with E-state index in [4.69, 9.17) is 5.73 Å². The number of nitrogens with zero attached hydrogens (tertiary/aromatic N) is 3. The molecule has 0 bridgehead atoms. The normalized spacial score (nSPS) is 25.9. The van der Waals surface area contributed by atoms with Crippen LogP contribution in [-0.2, 0) is 0 Å². The number of hydrogen-bond acceptors (Lipinski definition) is 5. The van der Waals surface area contributed by atoms with Crippen molar-refractivity contribution < 1.29 is 0 Å². The van der Waals surface area contributed by atoms with Crippen molar-refractivity contribution in [1.29, 1.82) is 0 Å². The highest BCUT2D eigenvalue weighted by atomic mass is 16.1. The fourth-order valence-electron chi connectivity index (χ4n) is 2.27. The molecule has 0 aliphatic heterocycles. The number of nitrogens with one attached hydrogen (secondary N) is 2. The molecule has 1 aliphatic carbocycles. The van der Waals surface area contributed by atoms with E-state index in [-0.39, 0.29) is 17.1 Å². The minimum Gasteiger partial charge on any atom is -0.367 e. The first-order chi connectivity index (χ1) is 8.48. The lowest BCUT2D eigenvalue weighted by Crippen LogP contribution is -2.61. The predicted octanol–water partition coefficient (Wildman–Crippen LogP) is -0.0447. The van der Waals surface area contributed by atoms with Crippen LogP contribution in [0.4, 0.5) is 5.82 Å². The van der Waals surface area contributed by atoms with Gasteiger partial charge in [-0.1, -0.05) is 13.8 Å². The average Bonchev–Trinajstić information content (AvgIpc) is 2.70. The summed E-state index contributed by atoms with van der Waals surface area (Å²) in [7, 11) is 0.